The van der Waals surface area contributed by atoms with Crippen molar-refractivity contribution in [3.8, 4) is 0 Å². The lowest BCUT2D eigenvalue weighted by Crippen LogP contribution is -2.23. The lowest BCUT2D eigenvalue weighted by molar-refractivity contribution is 0.582. The lowest BCUT2D eigenvalue weighted by atomic mass is 9.97. The fourth-order valence-electron chi connectivity index (χ4n) is 2.53. The normalized spacial score (nSPS) is 12.7. The molecule has 0 saturated heterocycles. The summed E-state index contributed by atoms with van der Waals surface area (Å²) in [5.74, 6) is -0.190. The Balaban J connectivity index is 2.43. The van der Waals surface area contributed by atoms with Gasteiger partial charge in [-0.1, -0.05) is 13.0 Å². The first kappa shape index (κ1) is 14.7. The van der Waals surface area contributed by atoms with Crippen molar-refractivity contribution in [1.82, 2.24) is 15.1 Å². The molecule has 2 rings (SSSR count). The molecule has 3 nitrogen and oxygen atoms in total. The fraction of sp³-hybridized carbons (Fsp3) is 0.438. The largest absolute Gasteiger partial charge is 0.306 e. The first-order chi connectivity index (χ1) is 9.51. The second-order valence-corrected chi connectivity index (χ2v) is 5.29. The molecular formula is C16H22FN3. The molecule has 1 unspecified atom stereocenters. The molecule has 1 N–H and O–H groups in total. The van der Waals surface area contributed by atoms with Gasteiger partial charge < -0.3 is 5.32 Å². The number of nitrogens with one attached hydrogen (secondary N) is 1. The summed E-state index contributed by atoms with van der Waals surface area (Å²) in [6.45, 7) is 6.91. The van der Waals surface area contributed by atoms with E-state index >= 15 is 0 Å². The van der Waals surface area contributed by atoms with Crippen molar-refractivity contribution >= 4 is 0 Å². The topological polar surface area (TPSA) is 29.9 Å². The molecule has 0 aliphatic heterocycles. The van der Waals surface area contributed by atoms with E-state index in [2.05, 4.69) is 17.3 Å². The molecule has 0 bridgehead atoms. The zero-order valence-corrected chi connectivity index (χ0v) is 12.6. The van der Waals surface area contributed by atoms with Gasteiger partial charge in [-0.2, -0.15) is 5.10 Å². The Bertz CT molecular complexity index is 569. The fourth-order valence-corrected chi connectivity index (χ4v) is 2.53. The van der Waals surface area contributed by atoms with Crippen molar-refractivity contribution in [3.05, 3.63) is 52.6 Å². The minimum absolute atomic E-state index is 0.0157. The average molecular weight is 275 g/mol. The molecule has 0 aliphatic rings. The third-order valence-corrected chi connectivity index (χ3v) is 3.36. The van der Waals surface area contributed by atoms with Crippen molar-refractivity contribution < 1.29 is 4.39 Å². The molecule has 0 spiro atoms. The van der Waals surface area contributed by atoms with Crippen molar-refractivity contribution in [2.45, 2.75) is 33.2 Å². The summed E-state index contributed by atoms with van der Waals surface area (Å²) in [5.41, 5.74) is 3.96. The van der Waals surface area contributed by atoms with E-state index in [1.54, 1.807) is 16.8 Å². The Labute approximate surface area is 119 Å². The molecule has 1 aromatic carbocycles. The quantitative estimate of drug-likeness (QED) is 0.907. The van der Waals surface area contributed by atoms with Crippen LogP contribution >= 0.6 is 0 Å². The summed E-state index contributed by atoms with van der Waals surface area (Å²) in [6.07, 6.45) is 3.03. The SMILES string of the molecule is CCCNC(c1cc(C)cc(F)c1)c1cn(C)nc1C. The van der Waals surface area contributed by atoms with Crippen LogP contribution in [0.25, 0.3) is 0 Å². The van der Waals surface area contributed by atoms with Crippen LogP contribution in [0.2, 0.25) is 0 Å². The van der Waals surface area contributed by atoms with Crippen LogP contribution in [0.4, 0.5) is 4.39 Å². The molecule has 1 atom stereocenters. The van der Waals surface area contributed by atoms with Crippen LogP contribution in [0, 0.1) is 19.7 Å². The molecule has 1 heterocycles. The average Bonchev–Trinajstić information content (AvgIpc) is 2.68. The second-order valence-electron chi connectivity index (χ2n) is 5.29. The number of hydrogen-bond acceptors (Lipinski definition) is 2. The van der Waals surface area contributed by atoms with Crippen molar-refractivity contribution in [2.75, 3.05) is 6.54 Å². The van der Waals surface area contributed by atoms with Gasteiger partial charge in [-0.25, -0.2) is 4.39 Å². The van der Waals surface area contributed by atoms with Crippen LogP contribution in [-0.4, -0.2) is 16.3 Å². The second kappa shape index (κ2) is 6.18. The summed E-state index contributed by atoms with van der Waals surface area (Å²) in [6, 6.07) is 5.17. The molecule has 4 heteroatoms. The Morgan fingerprint density at radius 1 is 1.30 bits per heavy atom. The molecular weight excluding hydrogens is 253 g/mol. The zero-order chi connectivity index (χ0) is 14.7. The van der Waals surface area contributed by atoms with Crippen LogP contribution in [0.15, 0.2) is 24.4 Å². The highest BCUT2D eigenvalue weighted by atomic mass is 19.1. The van der Waals surface area contributed by atoms with E-state index < -0.39 is 0 Å². The molecule has 0 radical (unpaired) electrons. The first-order valence-electron chi connectivity index (χ1n) is 7.02. The number of rotatable bonds is 5. The van der Waals surface area contributed by atoms with E-state index in [1.165, 1.54) is 0 Å². The Morgan fingerprint density at radius 2 is 2.05 bits per heavy atom. The van der Waals surface area contributed by atoms with E-state index in [0.29, 0.717) is 0 Å². The molecule has 20 heavy (non-hydrogen) atoms. The van der Waals surface area contributed by atoms with Crippen LogP contribution in [0.5, 0.6) is 0 Å². The van der Waals surface area contributed by atoms with Gasteiger partial charge in [-0.15, -0.1) is 0 Å². The van der Waals surface area contributed by atoms with Gasteiger partial charge in [0.15, 0.2) is 0 Å². The van der Waals surface area contributed by atoms with Crippen LogP contribution < -0.4 is 5.32 Å². The van der Waals surface area contributed by atoms with Crippen LogP contribution in [0.1, 0.15) is 41.8 Å². The highest BCUT2D eigenvalue weighted by Crippen LogP contribution is 2.25. The Kier molecular flexibility index (Phi) is 4.55. The van der Waals surface area contributed by atoms with E-state index in [1.807, 2.05) is 33.2 Å². The van der Waals surface area contributed by atoms with Gasteiger partial charge in [0.05, 0.1) is 11.7 Å². The number of aromatic nitrogens is 2. The predicted molar refractivity (Wildman–Crippen MR) is 79.2 cm³/mol. The van der Waals surface area contributed by atoms with Crippen molar-refractivity contribution in [1.29, 1.82) is 0 Å². The summed E-state index contributed by atoms with van der Waals surface area (Å²) in [4.78, 5) is 0. The van der Waals surface area contributed by atoms with Gasteiger partial charge >= 0.3 is 0 Å². The molecule has 0 amide bonds. The third-order valence-electron chi connectivity index (χ3n) is 3.36. The van der Waals surface area contributed by atoms with Crippen LogP contribution in [-0.2, 0) is 7.05 Å². The predicted octanol–water partition coefficient (Wildman–Crippen LogP) is 3.27. The highest BCUT2D eigenvalue weighted by molar-refractivity contribution is 5.35. The molecule has 0 fully saturated rings. The highest BCUT2D eigenvalue weighted by Gasteiger charge is 2.18. The van der Waals surface area contributed by atoms with Gasteiger partial charge in [0.1, 0.15) is 5.82 Å². The van der Waals surface area contributed by atoms with E-state index in [4.69, 9.17) is 0 Å². The summed E-state index contributed by atoms with van der Waals surface area (Å²) >= 11 is 0. The number of halogens is 1. The number of aryl methyl sites for hydroxylation is 3. The standard InChI is InChI=1S/C16H22FN3/c1-5-6-18-16(15-10-20(4)19-12(15)3)13-7-11(2)8-14(17)9-13/h7-10,16,18H,5-6H2,1-4H3. The molecule has 2 aromatic rings. The zero-order valence-electron chi connectivity index (χ0n) is 12.6. The van der Waals surface area contributed by atoms with Crippen molar-refractivity contribution in [3.63, 3.8) is 0 Å². The Hall–Kier alpha value is -1.68. The van der Waals surface area contributed by atoms with Gasteiger partial charge in [-0.3, -0.25) is 4.68 Å². The molecule has 108 valence electrons. The smallest absolute Gasteiger partial charge is 0.123 e. The lowest BCUT2D eigenvalue weighted by Gasteiger charge is -2.19. The van der Waals surface area contributed by atoms with E-state index in [9.17, 15) is 4.39 Å². The number of hydrogen-bond donors (Lipinski definition) is 1. The Morgan fingerprint density at radius 3 is 2.60 bits per heavy atom. The van der Waals surface area contributed by atoms with E-state index in [-0.39, 0.29) is 11.9 Å². The van der Waals surface area contributed by atoms with Gasteiger partial charge in [0, 0.05) is 18.8 Å². The number of nitrogens with zero attached hydrogens (tertiary/aromatic N) is 2. The third kappa shape index (κ3) is 3.25. The maximum absolute atomic E-state index is 13.7. The van der Waals surface area contributed by atoms with Crippen LogP contribution in [0.3, 0.4) is 0 Å². The molecule has 0 saturated carbocycles. The maximum atomic E-state index is 13.7. The summed E-state index contributed by atoms with van der Waals surface area (Å²) in [7, 11) is 1.91. The minimum Gasteiger partial charge on any atom is -0.306 e. The maximum Gasteiger partial charge on any atom is 0.123 e. The van der Waals surface area contributed by atoms with Gasteiger partial charge in [0.25, 0.3) is 0 Å². The molecule has 0 aliphatic carbocycles. The molecule has 1 aromatic heterocycles. The minimum atomic E-state index is -0.190. The number of benzene rings is 1. The van der Waals surface area contributed by atoms with E-state index in [0.717, 1.165) is 35.3 Å². The monoisotopic (exact) mass is 275 g/mol. The summed E-state index contributed by atoms with van der Waals surface area (Å²) < 4.78 is 15.5. The van der Waals surface area contributed by atoms with Gasteiger partial charge in [-0.05, 0) is 50.1 Å². The van der Waals surface area contributed by atoms with Gasteiger partial charge in [0.2, 0.25) is 0 Å². The first-order valence-corrected chi connectivity index (χ1v) is 7.02. The summed E-state index contributed by atoms with van der Waals surface area (Å²) in [5, 5.41) is 7.88. The van der Waals surface area contributed by atoms with Crippen molar-refractivity contribution in [2.24, 2.45) is 7.05 Å².